The lowest BCUT2D eigenvalue weighted by atomic mass is 9.98. The Hall–Kier alpha value is -2.70. The summed E-state index contributed by atoms with van der Waals surface area (Å²) in [5, 5.41) is 5.06. The van der Waals surface area contributed by atoms with Crippen LogP contribution >= 0.6 is 0 Å². The minimum atomic E-state index is -3.64. The molecule has 1 aliphatic heterocycles. The maximum atomic E-state index is 13.3. The van der Waals surface area contributed by atoms with Crippen molar-refractivity contribution in [3.05, 3.63) is 71.8 Å². The number of rotatable bonds is 4. The second kappa shape index (κ2) is 8.20. The highest BCUT2D eigenvalue weighted by atomic mass is 32.2. The van der Waals surface area contributed by atoms with Gasteiger partial charge in [0.2, 0.25) is 15.9 Å². The van der Waals surface area contributed by atoms with Crippen molar-refractivity contribution >= 4 is 32.4 Å². The molecule has 3 aromatic rings. The molecule has 3 aromatic carbocycles. The van der Waals surface area contributed by atoms with Crippen LogP contribution < -0.4 is 5.32 Å². The Morgan fingerprint density at radius 1 is 1.03 bits per heavy atom. The molecule has 4 rings (SSSR count). The number of fused-ring (bicyclic) bond motifs is 1. The van der Waals surface area contributed by atoms with Crippen LogP contribution in [-0.4, -0.2) is 31.7 Å². The minimum absolute atomic E-state index is 0.132. The van der Waals surface area contributed by atoms with Crippen LogP contribution in [0.1, 0.15) is 24.0 Å². The number of piperidine rings is 1. The molecule has 1 atom stereocenters. The molecule has 5 nitrogen and oxygen atoms in total. The first-order valence-corrected chi connectivity index (χ1v) is 11.7. The summed E-state index contributed by atoms with van der Waals surface area (Å²) < 4.78 is 28.0. The van der Waals surface area contributed by atoms with E-state index in [-0.39, 0.29) is 18.4 Å². The summed E-state index contributed by atoms with van der Waals surface area (Å²) in [5.74, 6) is -0.509. The lowest BCUT2D eigenvalue weighted by Gasteiger charge is -2.31. The van der Waals surface area contributed by atoms with Crippen LogP contribution in [0.5, 0.6) is 0 Å². The molecule has 0 saturated carbocycles. The fourth-order valence-corrected chi connectivity index (χ4v) is 5.90. The Bertz CT molecular complexity index is 1200. The van der Waals surface area contributed by atoms with E-state index in [4.69, 9.17) is 0 Å². The van der Waals surface area contributed by atoms with E-state index in [1.807, 2.05) is 61.5 Å². The van der Waals surface area contributed by atoms with Crippen molar-refractivity contribution in [1.29, 1.82) is 0 Å². The molecule has 1 saturated heterocycles. The number of carbonyl (C=O) groups is 1. The molecule has 1 N–H and O–H groups in total. The predicted octanol–water partition coefficient (Wildman–Crippen LogP) is 4.50. The van der Waals surface area contributed by atoms with Gasteiger partial charge in [0.15, 0.2) is 0 Å². The lowest BCUT2D eigenvalue weighted by molar-refractivity contribution is -0.120. The molecule has 6 heteroatoms. The molecule has 1 amide bonds. The molecule has 0 aliphatic carbocycles. The van der Waals surface area contributed by atoms with Gasteiger partial charge in [0, 0.05) is 24.2 Å². The number of hydrogen-bond donors (Lipinski definition) is 1. The van der Waals surface area contributed by atoms with Gasteiger partial charge in [-0.2, -0.15) is 4.31 Å². The maximum absolute atomic E-state index is 13.3. The average molecular weight is 423 g/mol. The van der Waals surface area contributed by atoms with Crippen molar-refractivity contribution < 1.29 is 13.2 Å². The summed E-state index contributed by atoms with van der Waals surface area (Å²) in [6.07, 6.45) is 1.34. The van der Waals surface area contributed by atoms with Gasteiger partial charge in [-0.15, -0.1) is 0 Å². The third-order valence-electron chi connectivity index (χ3n) is 5.76. The largest absolute Gasteiger partial charge is 0.325 e. The van der Waals surface area contributed by atoms with E-state index in [1.165, 1.54) is 4.31 Å². The summed E-state index contributed by atoms with van der Waals surface area (Å²) in [5.41, 5.74) is 2.39. The van der Waals surface area contributed by atoms with Gasteiger partial charge in [0.1, 0.15) is 0 Å². The molecule has 1 aliphatic rings. The fourth-order valence-electron chi connectivity index (χ4n) is 4.07. The summed E-state index contributed by atoms with van der Waals surface area (Å²) in [6, 6.07) is 19.1. The molecule has 1 fully saturated rings. The van der Waals surface area contributed by atoms with Crippen LogP contribution in [0.4, 0.5) is 5.69 Å². The fraction of sp³-hybridized carbons (Fsp3) is 0.292. The first-order valence-electron chi connectivity index (χ1n) is 10.2. The smallest absolute Gasteiger partial charge is 0.243 e. The number of amides is 1. The van der Waals surface area contributed by atoms with Gasteiger partial charge in [-0.1, -0.05) is 48.5 Å². The normalized spacial score (nSPS) is 17.7. The highest BCUT2D eigenvalue weighted by Gasteiger charge is 2.34. The molecule has 0 unspecified atom stereocenters. The summed E-state index contributed by atoms with van der Waals surface area (Å²) in [7, 11) is -3.64. The van der Waals surface area contributed by atoms with E-state index in [1.54, 1.807) is 13.0 Å². The molecule has 30 heavy (non-hydrogen) atoms. The van der Waals surface area contributed by atoms with Gasteiger partial charge < -0.3 is 5.32 Å². The predicted molar refractivity (Wildman–Crippen MR) is 120 cm³/mol. The van der Waals surface area contributed by atoms with E-state index in [9.17, 15) is 13.2 Å². The number of aryl methyl sites for hydroxylation is 2. The number of sulfonamides is 1. The van der Waals surface area contributed by atoms with Crippen molar-refractivity contribution in [2.24, 2.45) is 5.92 Å². The maximum Gasteiger partial charge on any atom is 0.243 e. The lowest BCUT2D eigenvalue weighted by Crippen LogP contribution is -2.43. The van der Waals surface area contributed by atoms with Gasteiger partial charge in [0.25, 0.3) is 0 Å². The van der Waals surface area contributed by atoms with Gasteiger partial charge in [-0.3, -0.25) is 4.79 Å². The first kappa shape index (κ1) is 20.6. The highest BCUT2D eigenvalue weighted by Crippen LogP contribution is 2.28. The van der Waals surface area contributed by atoms with Crippen LogP contribution in [-0.2, 0) is 14.8 Å². The minimum Gasteiger partial charge on any atom is -0.325 e. The standard InChI is InChI=1S/C24H26N2O3S/c1-17-12-13-18(2)23(15-17)30(28,29)26-14-6-9-20(16-26)24(27)25-22-11-5-8-19-7-3-4-10-21(19)22/h3-5,7-8,10-13,15,20H,6,9,14,16H2,1-2H3,(H,25,27)/t20-/m0/s1. The molecule has 156 valence electrons. The SMILES string of the molecule is Cc1ccc(C)c(S(=O)(=O)N2CCC[C@H](C(=O)Nc3cccc4ccccc34)C2)c1. The third-order valence-corrected chi connectivity index (χ3v) is 7.77. The average Bonchev–Trinajstić information content (AvgIpc) is 2.75. The molecular formula is C24H26N2O3S. The van der Waals surface area contributed by atoms with Crippen molar-refractivity contribution in [3.63, 3.8) is 0 Å². The Morgan fingerprint density at radius 3 is 2.63 bits per heavy atom. The molecule has 1 heterocycles. The Morgan fingerprint density at radius 2 is 1.80 bits per heavy atom. The zero-order valence-corrected chi connectivity index (χ0v) is 18.1. The number of carbonyl (C=O) groups excluding carboxylic acids is 1. The molecule has 0 aromatic heterocycles. The van der Waals surface area contributed by atoms with Crippen LogP contribution in [0.15, 0.2) is 65.6 Å². The summed E-state index contributed by atoms with van der Waals surface area (Å²) >= 11 is 0. The quantitative estimate of drug-likeness (QED) is 0.673. The number of hydrogen-bond acceptors (Lipinski definition) is 3. The summed E-state index contributed by atoms with van der Waals surface area (Å²) in [4.78, 5) is 13.3. The Labute approximate surface area is 177 Å². The van der Waals surface area contributed by atoms with E-state index in [0.29, 0.717) is 24.3 Å². The second-order valence-corrected chi connectivity index (χ2v) is 9.89. The third kappa shape index (κ3) is 3.98. The van der Waals surface area contributed by atoms with E-state index in [2.05, 4.69) is 5.32 Å². The van der Waals surface area contributed by atoms with E-state index >= 15 is 0 Å². The van der Waals surface area contributed by atoms with E-state index < -0.39 is 10.0 Å². The topological polar surface area (TPSA) is 66.5 Å². The second-order valence-electron chi connectivity index (χ2n) is 7.99. The zero-order chi connectivity index (χ0) is 21.3. The molecule has 0 bridgehead atoms. The number of benzene rings is 3. The van der Waals surface area contributed by atoms with Crippen LogP contribution in [0.3, 0.4) is 0 Å². The number of anilines is 1. The van der Waals surface area contributed by atoms with Crippen molar-refractivity contribution in [2.45, 2.75) is 31.6 Å². The number of nitrogens with zero attached hydrogens (tertiary/aromatic N) is 1. The van der Waals surface area contributed by atoms with E-state index in [0.717, 1.165) is 27.6 Å². The first-order chi connectivity index (χ1) is 14.4. The van der Waals surface area contributed by atoms with Crippen molar-refractivity contribution in [1.82, 2.24) is 4.31 Å². The Balaban J connectivity index is 1.55. The zero-order valence-electron chi connectivity index (χ0n) is 17.3. The van der Waals surface area contributed by atoms with Gasteiger partial charge >= 0.3 is 0 Å². The molecule has 0 spiro atoms. The van der Waals surface area contributed by atoms with Crippen molar-refractivity contribution in [3.8, 4) is 0 Å². The highest BCUT2D eigenvalue weighted by molar-refractivity contribution is 7.89. The van der Waals surface area contributed by atoms with Crippen molar-refractivity contribution in [2.75, 3.05) is 18.4 Å². The van der Waals surface area contributed by atoms with Crippen LogP contribution in [0.25, 0.3) is 10.8 Å². The monoisotopic (exact) mass is 422 g/mol. The number of nitrogens with one attached hydrogen (secondary N) is 1. The van der Waals surface area contributed by atoms with Crippen LogP contribution in [0.2, 0.25) is 0 Å². The van der Waals surface area contributed by atoms with Gasteiger partial charge in [-0.05, 0) is 55.3 Å². The summed E-state index contributed by atoms with van der Waals surface area (Å²) in [6.45, 7) is 4.33. The molecular weight excluding hydrogens is 396 g/mol. The van der Waals surface area contributed by atoms with Gasteiger partial charge in [-0.25, -0.2) is 8.42 Å². The van der Waals surface area contributed by atoms with Gasteiger partial charge in [0.05, 0.1) is 10.8 Å². The Kier molecular flexibility index (Phi) is 5.62. The van der Waals surface area contributed by atoms with Crippen LogP contribution in [0, 0.1) is 19.8 Å². The molecule has 0 radical (unpaired) electrons.